The summed E-state index contributed by atoms with van der Waals surface area (Å²) in [7, 11) is 1.38. The van der Waals surface area contributed by atoms with Crippen molar-refractivity contribution in [2.45, 2.75) is 6.04 Å². The van der Waals surface area contributed by atoms with Gasteiger partial charge in [-0.1, -0.05) is 18.2 Å². The first kappa shape index (κ1) is 16.4. The average molecular weight is 330 g/mol. The van der Waals surface area contributed by atoms with E-state index in [1.165, 1.54) is 17.7 Å². The van der Waals surface area contributed by atoms with E-state index in [0.717, 1.165) is 31.9 Å². The van der Waals surface area contributed by atoms with Crippen LogP contribution in [0, 0.1) is 0 Å². The Morgan fingerprint density at radius 3 is 2.62 bits per heavy atom. The molecule has 1 saturated heterocycles. The summed E-state index contributed by atoms with van der Waals surface area (Å²) in [4.78, 5) is 15.2. The summed E-state index contributed by atoms with van der Waals surface area (Å²) in [5, 5.41) is 2.81. The fourth-order valence-electron chi connectivity index (χ4n) is 3.23. The first-order chi connectivity index (χ1) is 11.8. The average Bonchev–Trinajstić information content (AvgIpc) is 3.17. The van der Waals surface area contributed by atoms with Crippen LogP contribution in [0.2, 0.25) is 0 Å². The van der Waals surface area contributed by atoms with Gasteiger partial charge in [0.1, 0.15) is 0 Å². The number of benzene rings is 1. The number of ether oxygens (including phenoxy) is 1. The molecule has 1 aliphatic rings. The number of carbonyl (C=O) groups excluding carboxylic acids is 1. The molecule has 3 rings (SSSR count). The molecule has 1 aromatic carbocycles. The minimum Gasteiger partial charge on any atom is -0.463 e. The van der Waals surface area contributed by atoms with E-state index in [9.17, 15) is 4.79 Å². The molecule has 1 aromatic heterocycles. The number of nitrogens with zero attached hydrogens (tertiary/aromatic N) is 1. The number of furan rings is 1. The van der Waals surface area contributed by atoms with Crippen molar-refractivity contribution in [3.8, 4) is 0 Å². The third-order valence-electron chi connectivity index (χ3n) is 4.54. The highest BCUT2D eigenvalue weighted by atomic mass is 16.5. The molecule has 6 nitrogen and oxygen atoms in total. The number of piperazine rings is 1. The Morgan fingerprint density at radius 2 is 2.00 bits per heavy atom. The van der Waals surface area contributed by atoms with Crippen molar-refractivity contribution in [3.63, 3.8) is 0 Å². The highest BCUT2D eigenvalue weighted by Crippen LogP contribution is 2.14. The van der Waals surface area contributed by atoms with Crippen LogP contribution in [0.15, 0.2) is 53.1 Å². The zero-order valence-electron chi connectivity index (χ0n) is 13.9. The van der Waals surface area contributed by atoms with Crippen LogP contribution >= 0.6 is 0 Å². The van der Waals surface area contributed by atoms with Gasteiger partial charge in [0.25, 0.3) is 0 Å². The number of rotatable bonds is 5. The number of quaternary nitrogens is 1. The third kappa shape index (κ3) is 3.89. The zero-order chi connectivity index (χ0) is 16.8. The number of methoxy groups -OCH3 is 1. The predicted molar refractivity (Wildman–Crippen MR) is 91.2 cm³/mol. The summed E-state index contributed by atoms with van der Waals surface area (Å²) in [6.45, 7) is 4.44. The van der Waals surface area contributed by atoms with Crippen molar-refractivity contribution in [1.82, 2.24) is 5.32 Å². The Morgan fingerprint density at radius 1 is 1.25 bits per heavy atom. The second-order valence-corrected chi connectivity index (χ2v) is 5.92. The lowest BCUT2D eigenvalue weighted by Gasteiger charge is -2.37. The number of anilines is 1. The van der Waals surface area contributed by atoms with Crippen LogP contribution in [0.1, 0.15) is 11.8 Å². The van der Waals surface area contributed by atoms with E-state index in [2.05, 4.69) is 39.2 Å². The molecular formula is C18H24N3O3+. The molecule has 2 N–H and O–H groups in total. The number of carbonyl (C=O) groups is 1. The predicted octanol–water partition coefficient (Wildman–Crippen LogP) is 1.08. The maximum absolute atomic E-state index is 11.4. The zero-order valence-corrected chi connectivity index (χ0v) is 13.9. The molecule has 0 spiro atoms. The van der Waals surface area contributed by atoms with Gasteiger partial charge in [-0.05, 0) is 24.3 Å². The van der Waals surface area contributed by atoms with Crippen molar-refractivity contribution >= 4 is 11.8 Å². The van der Waals surface area contributed by atoms with Crippen LogP contribution < -0.4 is 15.1 Å². The molecule has 1 atom stereocenters. The van der Waals surface area contributed by atoms with Crippen molar-refractivity contribution in [2.75, 3.05) is 44.7 Å². The van der Waals surface area contributed by atoms with E-state index in [0.29, 0.717) is 6.54 Å². The molecule has 128 valence electrons. The Labute approximate surface area is 142 Å². The molecule has 1 aliphatic heterocycles. The summed E-state index contributed by atoms with van der Waals surface area (Å²) in [6, 6.07) is 14.4. The molecule has 0 aliphatic carbocycles. The number of alkyl carbamates (subject to hydrolysis) is 1. The van der Waals surface area contributed by atoms with E-state index in [4.69, 9.17) is 4.42 Å². The van der Waals surface area contributed by atoms with E-state index >= 15 is 0 Å². The molecular weight excluding hydrogens is 306 g/mol. The van der Waals surface area contributed by atoms with Gasteiger partial charge in [-0.3, -0.25) is 0 Å². The topological polar surface area (TPSA) is 59.1 Å². The van der Waals surface area contributed by atoms with Gasteiger partial charge in [0.15, 0.2) is 11.8 Å². The van der Waals surface area contributed by atoms with Gasteiger partial charge in [-0.25, -0.2) is 4.79 Å². The quantitative estimate of drug-likeness (QED) is 0.861. The first-order valence-corrected chi connectivity index (χ1v) is 8.27. The largest absolute Gasteiger partial charge is 0.463 e. The van der Waals surface area contributed by atoms with Gasteiger partial charge >= 0.3 is 6.09 Å². The fraction of sp³-hybridized carbons (Fsp3) is 0.389. The van der Waals surface area contributed by atoms with Crippen LogP contribution in [0.5, 0.6) is 0 Å². The summed E-state index contributed by atoms with van der Waals surface area (Å²) < 4.78 is 10.3. The smallest absolute Gasteiger partial charge is 0.407 e. The number of amides is 1. The van der Waals surface area contributed by atoms with Gasteiger partial charge < -0.3 is 24.3 Å². The molecule has 1 fully saturated rings. The molecule has 24 heavy (non-hydrogen) atoms. The van der Waals surface area contributed by atoms with Crippen LogP contribution in [-0.4, -0.2) is 45.9 Å². The van der Waals surface area contributed by atoms with E-state index in [1.807, 2.05) is 18.2 Å². The monoisotopic (exact) mass is 330 g/mol. The maximum atomic E-state index is 11.4. The Hall–Kier alpha value is -2.47. The molecule has 6 heteroatoms. The molecule has 0 saturated carbocycles. The van der Waals surface area contributed by atoms with Crippen LogP contribution in [0.4, 0.5) is 10.5 Å². The Kier molecular flexibility index (Phi) is 5.38. The summed E-state index contributed by atoms with van der Waals surface area (Å²) in [5.41, 5.74) is 1.26. The molecule has 2 aromatic rings. The number of hydrogen-bond donors (Lipinski definition) is 2. The van der Waals surface area contributed by atoms with Crippen LogP contribution in [0.3, 0.4) is 0 Å². The summed E-state index contributed by atoms with van der Waals surface area (Å²) in [6.07, 6.45) is 1.27. The fourth-order valence-corrected chi connectivity index (χ4v) is 3.23. The number of hydrogen-bond acceptors (Lipinski definition) is 4. The van der Waals surface area contributed by atoms with E-state index in [-0.39, 0.29) is 6.04 Å². The van der Waals surface area contributed by atoms with Crippen molar-refractivity contribution in [1.29, 1.82) is 0 Å². The first-order valence-electron chi connectivity index (χ1n) is 8.27. The van der Waals surface area contributed by atoms with E-state index in [1.54, 1.807) is 6.26 Å². The Bertz CT molecular complexity index is 622. The van der Waals surface area contributed by atoms with Gasteiger partial charge in [0, 0.05) is 5.69 Å². The molecule has 2 heterocycles. The SMILES string of the molecule is COC(=O)NC[C@H](c1ccco1)[NH+]1CCN(c2ccccc2)CC1. The molecule has 1 amide bonds. The van der Waals surface area contributed by atoms with Gasteiger partial charge in [-0.15, -0.1) is 0 Å². The lowest BCUT2D eigenvalue weighted by molar-refractivity contribution is -0.932. The van der Waals surface area contributed by atoms with Crippen LogP contribution in [0.25, 0.3) is 0 Å². The maximum Gasteiger partial charge on any atom is 0.407 e. The van der Waals surface area contributed by atoms with Crippen molar-refractivity contribution < 1.29 is 18.8 Å². The second kappa shape index (κ2) is 7.88. The van der Waals surface area contributed by atoms with E-state index < -0.39 is 6.09 Å². The van der Waals surface area contributed by atoms with Crippen molar-refractivity contribution in [2.24, 2.45) is 0 Å². The Balaban J connectivity index is 1.63. The minimum atomic E-state index is -0.408. The van der Waals surface area contributed by atoms with Gasteiger partial charge in [-0.2, -0.15) is 0 Å². The minimum absolute atomic E-state index is 0.0945. The van der Waals surface area contributed by atoms with Gasteiger partial charge in [0.05, 0.1) is 46.1 Å². The van der Waals surface area contributed by atoms with Crippen LogP contribution in [-0.2, 0) is 4.74 Å². The highest BCUT2D eigenvalue weighted by Gasteiger charge is 2.30. The van der Waals surface area contributed by atoms with Gasteiger partial charge in [0.2, 0.25) is 0 Å². The lowest BCUT2D eigenvalue weighted by atomic mass is 10.1. The summed E-state index contributed by atoms with van der Waals surface area (Å²) in [5.74, 6) is 0.898. The summed E-state index contributed by atoms with van der Waals surface area (Å²) >= 11 is 0. The van der Waals surface area contributed by atoms with Crippen molar-refractivity contribution in [3.05, 3.63) is 54.5 Å². The normalized spacial score (nSPS) is 16.6. The standard InChI is InChI=1S/C18H23N3O3/c1-23-18(22)19-14-16(17-8-5-13-24-17)21-11-9-20(10-12-21)15-6-3-2-4-7-15/h2-8,13,16H,9-12,14H2,1H3,(H,19,22)/p+1/t16-/m1/s1. The number of para-hydroxylation sites is 1. The second-order valence-electron chi connectivity index (χ2n) is 5.92. The third-order valence-corrected chi connectivity index (χ3v) is 4.54. The highest BCUT2D eigenvalue weighted by molar-refractivity contribution is 5.66. The number of nitrogens with one attached hydrogen (secondary N) is 2. The lowest BCUT2D eigenvalue weighted by Crippen LogP contribution is -3.15. The molecule has 0 bridgehead atoms. The molecule has 0 unspecified atom stereocenters. The molecule has 0 radical (unpaired) electrons.